The van der Waals surface area contributed by atoms with Crippen LogP contribution < -0.4 is 0 Å². The van der Waals surface area contributed by atoms with Gasteiger partial charge in [-0.3, -0.25) is 0 Å². The maximum absolute atomic E-state index is 5.17. The molecule has 76 valence electrons. The normalized spacial score (nSPS) is 11.5. The van der Waals surface area contributed by atoms with Gasteiger partial charge in [0.25, 0.3) is 0 Å². The molecule has 0 unspecified atom stereocenters. The molecule has 2 nitrogen and oxygen atoms in total. The highest BCUT2D eigenvalue weighted by atomic mass is 16.5. The monoisotopic (exact) mass is 184 g/mol. The summed E-state index contributed by atoms with van der Waals surface area (Å²) in [6, 6.07) is 0. The lowest BCUT2D eigenvalue weighted by Gasteiger charge is -1.94. The van der Waals surface area contributed by atoms with Crippen molar-refractivity contribution < 1.29 is 9.47 Å². The van der Waals surface area contributed by atoms with Gasteiger partial charge in [0, 0.05) is 13.2 Å². The van der Waals surface area contributed by atoms with Crippen LogP contribution in [0.3, 0.4) is 0 Å². The second-order valence-corrected chi connectivity index (χ2v) is 2.61. The van der Waals surface area contributed by atoms with Crippen molar-refractivity contribution in [1.82, 2.24) is 0 Å². The number of hydrogen-bond donors (Lipinski definition) is 0. The molecule has 0 aromatic heterocycles. The molecule has 13 heavy (non-hydrogen) atoms. The molecule has 0 N–H and O–H groups in total. The summed E-state index contributed by atoms with van der Waals surface area (Å²) >= 11 is 0. The fourth-order valence-corrected chi connectivity index (χ4v) is 0.757. The minimum absolute atomic E-state index is 0.795. The molecule has 0 aromatic rings. The number of ether oxygens (including phenoxy) is 2. The van der Waals surface area contributed by atoms with Crippen LogP contribution in [0.25, 0.3) is 0 Å². The Morgan fingerprint density at radius 2 is 1.92 bits per heavy atom. The first-order chi connectivity index (χ1) is 6.41. The van der Waals surface area contributed by atoms with Crippen molar-refractivity contribution in [3.8, 4) is 0 Å². The summed E-state index contributed by atoms with van der Waals surface area (Å²) in [7, 11) is 0. The second kappa shape index (κ2) is 11.2. The van der Waals surface area contributed by atoms with E-state index in [1.807, 2.05) is 19.1 Å². The van der Waals surface area contributed by atoms with E-state index in [0.29, 0.717) is 0 Å². The molecule has 0 amide bonds. The lowest BCUT2D eigenvalue weighted by atomic mass is 10.4. The van der Waals surface area contributed by atoms with Crippen LogP contribution in [-0.4, -0.2) is 19.8 Å². The van der Waals surface area contributed by atoms with Gasteiger partial charge in [0.1, 0.15) is 0 Å². The van der Waals surface area contributed by atoms with Crippen LogP contribution in [0.15, 0.2) is 24.5 Å². The highest BCUT2D eigenvalue weighted by Crippen LogP contribution is 1.87. The quantitative estimate of drug-likeness (QED) is 0.328. The van der Waals surface area contributed by atoms with Crippen molar-refractivity contribution in [2.75, 3.05) is 19.8 Å². The molecule has 0 saturated heterocycles. The van der Waals surface area contributed by atoms with Gasteiger partial charge in [0.15, 0.2) is 0 Å². The molecule has 0 aliphatic carbocycles. The number of allylic oxidation sites excluding steroid dienone is 2. The van der Waals surface area contributed by atoms with Crippen molar-refractivity contribution in [2.45, 2.75) is 26.7 Å². The van der Waals surface area contributed by atoms with Crippen LogP contribution in [0.5, 0.6) is 0 Å². The summed E-state index contributed by atoms with van der Waals surface area (Å²) in [4.78, 5) is 0. The van der Waals surface area contributed by atoms with Crippen LogP contribution in [0.4, 0.5) is 0 Å². The minimum Gasteiger partial charge on any atom is -0.501 e. The molecule has 0 aliphatic heterocycles. The lowest BCUT2D eigenvalue weighted by Crippen LogP contribution is -1.90. The van der Waals surface area contributed by atoms with Crippen LogP contribution in [0.2, 0.25) is 0 Å². The van der Waals surface area contributed by atoms with E-state index in [-0.39, 0.29) is 0 Å². The van der Waals surface area contributed by atoms with E-state index in [2.05, 4.69) is 13.0 Å². The molecule has 0 spiro atoms. The van der Waals surface area contributed by atoms with E-state index in [1.54, 1.807) is 6.26 Å². The Labute approximate surface area is 81.2 Å². The summed E-state index contributed by atoms with van der Waals surface area (Å²) in [5, 5.41) is 0. The third kappa shape index (κ3) is 11.2. The molecule has 0 atom stereocenters. The second-order valence-electron chi connectivity index (χ2n) is 2.61. The van der Waals surface area contributed by atoms with E-state index in [4.69, 9.17) is 9.47 Å². The smallest absolute Gasteiger partial charge is 0.0870 e. The van der Waals surface area contributed by atoms with Crippen LogP contribution in [-0.2, 0) is 9.47 Å². The molecule has 0 saturated carbocycles. The van der Waals surface area contributed by atoms with E-state index in [9.17, 15) is 0 Å². The fourth-order valence-electron chi connectivity index (χ4n) is 0.757. The minimum atomic E-state index is 0.795. The highest BCUT2D eigenvalue weighted by Gasteiger charge is 1.78. The zero-order valence-corrected chi connectivity index (χ0v) is 8.66. The largest absolute Gasteiger partial charge is 0.501 e. The first-order valence-electron chi connectivity index (χ1n) is 4.92. The molecular weight excluding hydrogens is 164 g/mol. The maximum Gasteiger partial charge on any atom is 0.0870 e. The Kier molecular flexibility index (Phi) is 10.6. The summed E-state index contributed by atoms with van der Waals surface area (Å²) < 4.78 is 10.3. The van der Waals surface area contributed by atoms with Crippen molar-refractivity contribution >= 4 is 0 Å². The summed E-state index contributed by atoms with van der Waals surface area (Å²) in [6.07, 6.45) is 9.70. The third-order valence-corrected chi connectivity index (χ3v) is 1.38. The molecule has 0 rings (SSSR count). The maximum atomic E-state index is 5.17. The van der Waals surface area contributed by atoms with Gasteiger partial charge < -0.3 is 9.47 Å². The predicted molar refractivity (Wildman–Crippen MR) is 55.6 cm³/mol. The predicted octanol–water partition coefficient (Wildman–Crippen LogP) is 2.91. The van der Waals surface area contributed by atoms with E-state index >= 15 is 0 Å². The molecule has 0 aromatic carbocycles. The van der Waals surface area contributed by atoms with Crippen molar-refractivity contribution in [3.63, 3.8) is 0 Å². The zero-order valence-electron chi connectivity index (χ0n) is 8.66. The lowest BCUT2D eigenvalue weighted by molar-refractivity contribution is 0.152. The standard InChI is InChI=1S/C11H20O2/c1-3-9-13-11-8-6-5-7-10-12-4-2/h5-6,8,11H,3-4,7,9-10H2,1-2H3. The van der Waals surface area contributed by atoms with Crippen LogP contribution in [0, 0.1) is 0 Å². The van der Waals surface area contributed by atoms with Crippen LogP contribution in [0.1, 0.15) is 26.7 Å². The highest BCUT2D eigenvalue weighted by molar-refractivity contribution is 4.99. The van der Waals surface area contributed by atoms with E-state index in [0.717, 1.165) is 32.7 Å². The Balaban J connectivity index is 3.15. The number of rotatable bonds is 8. The van der Waals surface area contributed by atoms with E-state index in [1.165, 1.54) is 0 Å². The molecule has 0 radical (unpaired) electrons. The zero-order chi connectivity index (χ0) is 9.78. The first-order valence-corrected chi connectivity index (χ1v) is 4.92. The Hall–Kier alpha value is -0.760. The van der Waals surface area contributed by atoms with Crippen LogP contribution >= 0.6 is 0 Å². The molecule has 0 fully saturated rings. The average Bonchev–Trinajstić information content (AvgIpc) is 2.16. The van der Waals surface area contributed by atoms with Gasteiger partial charge in [0.2, 0.25) is 0 Å². The Morgan fingerprint density at radius 1 is 1.08 bits per heavy atom. The summed E-state index contributed by atoms with van der Waals surface area (Å²) in [6.45, 7) is 6.48. The Bertz CT molecular complexity index is 139. The van der Waals surface area contributed by atoms with Crippen molar-refractivity contribution in [1.29, 1.82) is 0 Å². The summed E-state index contributed by atoms with van der Waals surface area (Å²) in [5.41, 5.74) is 0. The molecule has 0 heterocycles. The fraction of sp³-hybridized carbons (Fsp3) is 0.636. The molecule has 2 heteroatoms. The van der Waals surface area contributed by atoms with Gasteiger partial charge in [0.05, 0.1) is 12.9 Å². The Morgan fingerprint density at radius 3 is 2.62 bits per heavy atom. The molecule has 0 aliphatic rings. The van der Waals surface area contributed by atoms with Gasteiger partial charge >= 0.3 is 0 Å². The van der Waals surface area contributed by atoms with Gasteiger partial charge in [-0.1, -0.05) is 19.1 Å². The molecule has 0 bridgehead atoms. The van der Waals surface area contributed by atoms with Gasteiger partial charge in [-0.25, -0.2) is 0 Å². The topological polar surface area (TPSA) is 18.5 Å². The van der Waals surface area contributed by atoms with Crippen molar-refractivity contribution in [3.05, 3.63) is 24.5 Å². The summed E-state index contributed by atoms with van der Waals surface area (Å²) in [5.74, 6) is 0. The molecular formula is C11H20O2. The van der Waals surface area contributed by atoms with Gasteiger partial charge in [-0.05, 0) is 25.8 Å². The number of hydrogen-bond acceptors (Lipinski definition) is 2. The van der Waals surface area contributed by atoms with Gasteiger partial charge in [-0.2, -0.15) is 0 Å². The SMILES string of the molecule is CCCOC=CC=CCCOCC. The first kappa shape index (κ1) is 12.2. The average molecular weight is 184 g/mol. The van der Waals surface area contributed by atoms with Crippen molar-refractivity contribution in [2.24, 2.45) is 0 Å². The van der Waals surface area contributed by atoms with Gasteiger partial charge in [-0.15, -0.1) is 0 Å². The van der Waals surface area contributed by atoms with E-state index < -0.39 is 0 Å². The third-order valence-electron chi connectivity index (χ3n) is 1.38.